The Balaban J connectivity index is 0.000000209. The maximum Gasteiger partial charge on any atom is 0.119 e. The SMILES string of the molecule is C.ClCC1CO1.Clc1ccc(OCC2CO2)cc1.Oc1ccc(Cl)cc1. The molecule has 7 heteroatoms. The third kappa shape index (κ3) is 10.7. The van der Waals surface area contributed by atoms with E-state index < -0.39 is 0 Å². The number of benzene rings is 2. The van der Waals surface area contributed by atoms with Crippen molar-refractivity contribution in [2.75, 3.05) is 25.7 Å². The van der Waals surface area contributed by atoms with E-state index in [1.165, 1.54) is 0 Å². The van der Waals surface area contributed by atoms with E-state index in [-0.39, 0.29) is 13.2 Å². The van der Waals surface area contributed by atoms with Crippen molar-refractivity contribution >= 4 is 34.8 Å². The third-order valence-electron chi connectivity index (χ3n) is 3.05. The molecule has 4 nitrogen and oxygen atoms in total. The summed E-state index contributed by atoms with van der Waals surface area (Å²) < 4.78 is 15.1. The maximum absolute atomic E-state index is 8.70. The molecule has 0 aliphatic carbocycles. The predicted octanol–water partition coefficient (Wildman–Crippen LogP) is 5.42. The first-order chi connectivity index (χ1) is 12.1. The fourth-order valence-corrected chi connectivity index (χ4v) is 1.91. The van der Waals surface area contributed by atoms with Gasteiger partial charge in [0.25, 0.3) is 0 Å². The van der Waals surface area contributed by atoms with Crippen LogP contribution < -0.4 is 4.74 Å². The molecule has 4 rings (SSSR count). The summed E-state index contributed by atoms with van der Waals surface area (Å²) in [5.41, 5.74) is 0. The minimum atomic E-state index is 0. The van der Waals surface area contributed by atoms with Gasteiger partial charge in [0.05, 0.1) is 25.2 Å². The number of aromatic hydroxyl groups is 1. The summed E-state index contributed by atoms with van der Waals surface area (Å²) in [5, 5.41) is 10.1. The molecule has 0 bridgehead atoms. The van der Waals surface area contributed by atoms with Crippen molar-refractivity contribution in [3.05, 3.63) is 58.6 Å². The van der Waals surface area contributed by atoms with Crippen molar-refractivity contribution in [2.24, 2.45) is 0 Å². The van der Waals surface area contributed by atoms with Crippen molar-refractivity contribution in [1.82, 2.24) is 0 Å². The van der Waals surface area contributed by atoms with E-state index >= 15 is 0 Å². The smallest absolute Gasteiger partial charge is 0.119 e. The van der Waals surface area contributed by atoms with E-state index in [0.717, 1.165) is 24.0 Å². The molecule has 2 aliphatic heterocycles. The van der Waals surface area contributed by atoms with Gasteiger partial charge in [-0.05, 0) is 48.5 Å². The first kappa shape index (κ1) is 22.9. The molecule has 0 spiro atoms. The fourth-order valence-electron chi connectivity index (χ4n) is 1.48. The van der Waals surface area contributed by atoms with Gasteiger partial charge in [0.15, 0.2) is 0 Å². The van der Waals surface area contributed by atoms with Gasteiger partial charge in [-0.2, -0.15) is 0 Å². The highest BCUT2D eigenvalue weighted by molar-refractivity contribution is 6.30. The van der Waals surface area contributed by atoms with Crippen LogP contribution in [0.3, 0.4) is 0 Å². The summed E-state index contributed by atoms with van der Waals surface area (Å²) >= 11 is 16.5. The molecule has 1 N–H and O–H groups in total. The monoisotopic (exact) mass is 420 g/mol. The Morgan fingerprint density at radius 1 is 0.885 bits per heavy atom. The highest BCUT2D eigenvalue weighted by Crippen LogP contribution is 2.17. The Morgan fingerprint density at radius 3 is 1.69 bits per heavy atom. The third-order valence-corrected chi connectivity index (χ3v) is 3.90. The second-order valence-electron chi connectivity index (χ2n) is 5.31. The molecule has 0 aromatic heterocycles. The number of rotatable bonds is 4. The number of hydrogen-bond acceptors (Lipinski definition) is 4. The lowest BCUT2D eigenvalue weighted by molar-refractivity contribution is 0.263. The minimum Gasteiger partial charge on any atom is -0.508 e. The van der Waals surface area contributed by atoms with E-state index in [9.17, 15) is 0 Å². The summed E-state index contributed by atoms with van der Waals surface area (Å²) in [5.74, 6) is 1.75. The molecule has 0 saturated carbocycles. The summed E-state index contributed by atoms with van der Waals surface area (Å²) in [4.78, 5) is 0. The molecule has 0 radical (unpaired) electrons. The quantitative estimate of drug-likeness (QED) is 0.529. The molecule has 2 unspecified atom stereocenters. The topological polar surface area (TPSA) is 54.5 Å². The number of ether oxygens (including phenoxy) is 3. The predicted molar refractivity (Wildman–Crippen MR) is 107 cm³/mol. The van der Waals surface area contributed by atoms with E-state index in [4.69, 9.17) is 54.1 Å². The highest BCUT2D eigenvalue weighted by atomic mass is 35.5. The summed E-state index contributed by atoms with van der Waals surface area (Å²) in [6.07, 6.45) is 0.706. The Kier molecular flexibility index (Phi) is 10.8. The van der Waals surface area contributed by atoms with Crippen LogP contribution in [0, 0.1) is 0 Å². The lowest BCUT2D eigenvalue weighted by atomic mass is 10.3. The van der Waals surface area contributed by atoms with Crippen LogP contribution in [0.2, 0.25) is 10.0 Å². The molecule has 2 saturated heterocycles. The molecule has 2 aliphatic rings. The Morgan fingerprint density at radius 2 is 1.35 bits per heavy atom. The largest absolute Gasteiger partial charge is 0.508 e. The molecule has 144 valence electrons. The molecule has 2 aromatic carbocycles. The van der Waals surface area contributed by atoms with E-state index in [1.54, 1.807) is 24.3 Å². The van der Waals surface area contributed by atoms with Crippen molar-refractivity contribution in [2.45, 2.75) is 19.6 Å². The number of halogens is 3. The number of alkyl halides is 1. The van der Waals surface area contributed by atoms with Gasteiger partial charge >= 0.3 is 0 Å². The fraction of sp³-hybridized carbons (Fsp3) is 0.368. The van der Waals surface area contributed by atoms with Gasteiger partial charge < -0.3 is 19.3 Å². The number of phenolic OH excluding ortho intramolecular Hbond substituents is 1. The molecular weight excluding hydrogens is 399 g/mol. The van der Waals surface area contributed by atoms with Crippen LogP contribution in [-0.2, 0) is 9.47 Å². The zero-order chi connectivity index (χ0) is 18.1. The Bertz CT molecular complexity index is 591. The molecule has 0 amide bonds. The molecule has 2 fully saturated rings. The molecule has 26 heavy (non-hydrogen) atoms. The average molecular weight is 422 g/mol. The van der Waals surface area contributed by atoms with Crippen LogP contribution >= 0.6 is 34.8 Å². The second-order valence-corrected chi connectivity index (χ2v) is 6.49. The minimum absolute atomic E-state index is 0. The van der Waals surface area contributed by atoms with Gasteiger partial charge in [-0.3, -0.25) is 0 Å². The molecule has 2 heterocycles. The first-order valence-electron chi connectivity index (χ1n) is 7.69. The van der Waals surface area contributed by atoms with Crippen LogP contribution in [0.1, 0.15) is 7.43 Å². The van der Waals surface area contributed by atoms with E-state index in [0.29, 0.717) is 29.7 Å². The average Bonchev–Trinajstić information content (AvgIpc) is 3.51. The van der Waals surface area contributed by atoms with Crippen LogP contribution in [0.4, 0.5) is 0 Å². The first-order valence-corrected chi connectivity index (χ1v) is 8.98. The van der Waals surface area contributed by atoms with Crippen LogP contribution in [0.5, 0.6) is 11.5 Å². The lowest BCUT2D eigenvalue weighted by Crippen LogP contribution is -2.03. The molecule has 2 atom stereocenters. The van der Waals surface area contributed by atoms with Gasteiger partial charge in [-0.15, -0.1) is 11.6 Å². The van der Waals surface area contributed by atoms with Gasteiger partial charge in [0.1, 0.15) is 24.2 Å². The Labute approximate surface area is 169 Å². The van der Waals surface area contributed by atoms with Gasteiger partial charge in [0, 0.05) is 10.0 Å². The standard InChI is InChI=1S/C9H9ClO2.C6H5ClO.C3H5ClO.CH4/c10-7-1-3-8(4-2-7)11-5-9-6-12-9;7-5-1-3-6(8)4-2-5;4-1-3-2-5-3;/h1-4,9H,5-6H2;1-4,8H;3H,1-2H2;1H4. The molecular formula is C19H23Cl3O4. The van der Waals surface area contributed by atoms with Gasteiger partial charge in [0.2, 0.25) is 0 Å². The zero-order valence-corrected chi connectivity index (χ0v) is 15.7. The normalized spacial score (nSPS) is 18.9. The summed E-state index contributed by atoms with van der Waals surface area (Å²) in [6.45, 7) is 2.35. The highest BCUT2D eigenvalue weighted by Gasteiger charge is 2.22. The summed E-state index contributed by atoms with van der Waals surface area (Å²) in [6, 6.07) is 13.7. The van der Waals surface area contributed by atoms with Gasteiger partial charge in [-0.25, -0.2) is 0 Å². The Hall–Kier alpha value is -1.17. The van der Waals surface area contributed by atoms with E-state index in [2.05, 4.69) is 0 Å². The maximum atomic E-state index is 8.70. The van der Waals surface area contributed by atoms with Crippen LogP contribution in [0.15, 0.2) is 48.5 Å². The summed E-state index contributed by atoms with van der Waals surface area (Å²) in [7, 11) is 0. The number of phenols is 1. The van der Waals surface area contributed by atoms with Gasteiger partial charge in [-0.1, -0.05) is 30.6 Å². The number of hydrogen-bond donors (Lipinski definition) is 1. The lowest BCUT2D eigenvalue weighted by Gasteiger charge is -2.02. The van der Waals surface area contributed by atoms with Crippen molar-refractivity contribution in [3.8, 4) is 11.5 Å². The van der Waals surface area contributed by atoms with E-state index in [1.807, 2.05) is 24.3 Å². The second kappa shape index (κ2) is 12.3. The van der Waals surface area contributed by atoms with Crippen molar-refractivity contribution in [1.29, 1.82) is 0 Å². The number of epoxide rings is 2. The van der Waals surface area contributed by atoms with Crippen LogP contribution in [0.25, 0.3) is 0 Å². The zero-order valence-electron chi connectivity index (χ0n) is 13.4. The van der Waals surface area contributed by atoms with Crippen molar-refractivity contribution in [3.63, 3.8) is 0 Å². The van der Waals surface area contributed by atoms with Crippen molar-refractivity contribution < 1.29 is 19.3 Å². The van der Waals surface area contributed by atoms with Crippen LogP contribution in [-0.4, -0.2) is 43.0 Å². The molecule has 2 aromatic rings.